The number of aryl methyl sites for hydroxylation is 1. The average Bonchev–Trinajstić information content (AvgIpc) is 2.34. The van der Waals surface area contributed by atoms with E-state index in [1.165, 1.54) is 0 Å². The summed E-state index contributed by atoms with van der Waals surface area (Å²) in [4.78, 5) is 0. The van der Waals surface area contributed by atoms with Gasteiger partial charge >= 0.3 is 0 Å². The summed E-state index contributed by atoms with van der Waals surface area (Å²) in [5.74, 6) is 1.16. The predicted octanol–water partition coefficient (Wildman–Crippen LogP) is 4.14. The highest BCUT2D eigenvalue weighted by Crippen LogP contribution is 2.30. The fourth-order valence-corrected chi connectivity index (χ4v) is 1.69. The number of para-hydroxylation sites is 1. The molecule has 0 saturated heterocycles. The highest BCUT2D eigenvalue weighted by atomic mass is 35.5. The van der Waals surface area contributed by atoms with Gasteiger partial charge in [0, 0.05) is 6.07 Å². The molecule has 17 heavy (non-hydrogen) atoms. The zero-order valence-electron chi connectivity index (χ0n) is 9.15. The van der Waals surface area contributed by atoms with E-state index in [-0.39, 0.29) is 10.3 Å². The molecule has 0 N–H and O–H groups in total. The number of hydrogen-bond donors (Lipinski definition) is 0. The van der Waals surface area contributed by atoms with Crippen LogP contribution < -0.4 is 4.74 Å². The van der Waals surface area contributed by atoms with Gasteiger partial charge in [-0.3, -0.25) is 0 Å². The van der Waals surface area contributed by atoms with Gasteiger partial charge < -0.3 is 4.74 Å². The van der Waals surface area contributed by atoms with E-state index in [1.807, 2.05) is 24.3 Å². The molecule has 0 aliphatic heterocycles. The van der Waals surface area contributed by atoms with E-state index in [0.29, 0.717) is 5.75 Å². The van der Waals surface area contributed by atoms with Crippen LogP contribution >= 0.6 is 23.2 Å². The van der Waals surface area contributed by atoms with Gasteiger partial charge in [0.05, 0.1) is 0 Å². The van der Waals surface area contributed by atoms with Gasteiger partial charge in [-0.1, -0.05) is 48.3 Å². The van der Waals surface area contributed by atoms with Crippen LogP contribution in [-0.2, 0) is 6.42 Å². The minimum absolute atomic E-state index is 0.195. The molecule has 1 aromatic carbocycles. The molecule has 1 aromatic heterocycles. The lowest BCUT2D eigenvalue weighted by Crippen LogP contribution is -1.93. The normalized spacial score (nSPS) is 10.3. The second kappa shape index (κ2) is 5.34. The summed E-state index contributed by atoms with van der Waals surface area (Å²) in [5.41, 5.74) is 1.09. The van der Waals surface area contributed by atoms with Gasteiger partial charge in [0.1, 0.15) is 5.75 Å². The minimum Gasteiger partial charge on any atom is -0.454 e. The van der Waals surface area contributed by atoms with Crippen molar-refractivity contribution in [1.82, 2.24) is 10.2 Å². The van der Waals surface area contributed by atoms with Crippen LogP contribution in [0, 0.1) is 0 Å². The highest BCUT2D eigenvalue weighted by molar-refractivity contribution is 6.32. The third-order valence-electron chi connectivity index (χ3n) is 2.26. The Bertz CT molecular complexity index is 532. The van der Waals surface area contributed by atoms with Crippen LogP contribution in [0.15, 0.2) is 30.3 Å². The van der Waals surface area contributed by atoms with E-state index in [9.17, 15) is 0 Å². The van der Waals surface area contributed by atoms with Crippen LogP contribution in [0.25, 0.3) is 0 Å². The van der Waals surface area contributed by atoms with Crippen molar-refractivity contribution in [3.8, 4) is 11.5 Å². The zero-order valence-corrected chi connectivity index (χ0v) is 10.7. The molecule has 0 radical (unpaired) electrons. The molecule has 0 unspecified atom stereocenters. The summed E-state index contributed by atoms with van der Waals surface area (Å²) in [7, 11) is 0. The number of rotatable bonds is 3. The summed E-state index contributed by atoms with van der Waals surface area (Å²) in [6.07, 6.45) is 0.875. The molecule has 1 heterocycles. The van der Waals surface area contributed by atoms with Crippen LogP contribution in [0.1, 0.15) is 12.5 Å². The Morgan fingerprint density at radius 3 is 2.65 bits per heavy atom. The van der Waals surface area contributed by atoms with Crippen molar-refractivity contribution < 1.29 is 4.74 Å². The van der Waals surface area contributed by atoms with Gasteiger partial charge in [0.25, 0.3) is 0 Å². The molecule has 2 aromatic rings. The Morgan fingerprint density at radius 2 is 1.88 bits per heavy atom. The number of aromatic nitrogens is 2. The van der Waals surface area contributed by atoms with Gasteiger partial charge in [-0.2, -0.15) is 0 Å². The van der Waals surface area contributed by atoms with Gasteiger partial charge in [-0.15, -0.1) is 10.2 Å². The fraction of sp³-hybridized carbons (Fsp3) is 0.167. The maximum atomic E-state index is 5.88. The second-order valence-corrected chi connectivity index (χ2v) is 4.13. The lowest BCUT2D eigenvalue weighted by molar-refractivity contribution is 0.473. The molecule has 0 saturated carbocycles. The van der Waals surface area contributed by atoms with Crippen molar-refractivity contribution >= 4 is 23.2 Å². The number of halogens is 2. The Hall–Kier alpha value is -1.32. The first-order valence-corrected chi connectivity index (χ1v) is 5.90. The van der Waals surface area contributed by atoms with Crippen molar-refractivity contribution in [2.75, 3.05) is 0 Å². The third-order valence-corrected chi connectivity index (χ3v) is 2.71. The number of ether oxygens (including phenoxy) is 1. The SMILES string of the molecule is CCc1ccccc1Oc1cc(Cl)nnc1Cl. The number of nitrogens with zero attached hydrogens (tertiary/aromatic N) is 2. The smallest absolute Gasteiger partial charge is 0.194 e. The molecule has 3 nitrogen and oxygen atoms in total. The van der Waals surface area contributed by atoms with Gasteiger partial charge in [-0.25, -0.2) is 0 Å². The molecule has 0 bridgehead atoms. The molecule has 88 valence electrons. The molecule has 0 amide bonds. The van der Waals surface area contributed by atoms with Crippen molar-refractivity contribution in [2.45, 2.75) is 13.3 Å². The topological polar surface area (TPSA) is 35.0 Å². The maximum absolute atomic E-state index is 5.88. The molecule has 0 aliphatic carbocycles. The standard InChI is InChI=1S/C12H10Cl2N2O/c1-2-8-5-3-4-6-9(8)17-10-7-11(13)15-16-12(10)14/h3-7H,2H2,1H3. The first kappa shape index (κ1) is 12.1. The van der Waals surface area contributed by atoms with E-state index < -0.39 is 0 Å². The van der Waals surface area contributed by atoms with E-state index in [2.05, 4.69) is 17.1 Å². The minimum atomic E-state index is 0.195. The molecular formula is C12H10Cl2N2O. The largest absolute Gasteiger partial charge is 0.454 e. The monoisotopic (exact) mass is 268 g/mol. The van der Waals surface area contributed by atoms with Crippen LogP contribution in [0.2, 0.25) is 10.3 Å². The Balaban J connectivity index is 2.34. The van der Waals surface area contributed by atoms with E-state index in [1.54, 1.807) is 6.07 Å². The predicted molar refractivity (Wildman–Crippen MR) is 67.9 cm³/mol. The Labute approximate surface area is 109 Å². The van der Waals surface area contributed by atoms with Crippen molar-refractivity contribution in [3.63, 3.8) is 0 Å². The molecular weight excluding hydrogens is 259 g/mol. The van der Waals surface area contributed by atoms with Crippen LogP contribution in [-0.4, -0.2) is 10.2 Å². The van der Waals surface area contributed by atoms with Crippen molar-refractivity contribution in [2.24, 2.45) is 0 Å². The summed E-state index contributed by atoms with van der Waals surface area (Å²) >= 11 is 11.6. The maximum Gasteiger partial charge on any atom is 0.194 e. The van der Waals surface area contributed by atoms with E-state index in [4.69, 9.17) is 27.9 Å². The number of benzene rings is 1. The average molecular weight is 269 g/mol. The Kier molecular flexibility index (Phi) is 3.82. The van der Waals surface area contributed by atoms with E-state index in [0.717, 1.165) is 17.7 Å². The van der Waals surface area contributed by atoms with Gasteiger partial charge in [0.2, 0.25) is 0 Å². The van der Waals surface area contributed by atoms with Gasteiger partial charge in [0.15, 0.2) is 16.1 Å². The van der Waals surface area contributed by atoms with Crippen LogP contribution in [0.5, 0.6) is 11.5 Å². The first-order chi connectivity index (χ1) is 8.20. The Morgan fingerprint density at radius 1 is 1.12 bits per heavy atom. The van der Waals surface area contributed by atoms with Gasteiger partial charge in [-0.05, 0) is 18.1 Å². The summed E-state index contributed by atoms with van der Waals surface area (Å²) in [6.45, 7) is 2.06. The first-order valence-electron chi connectivity index (χ1n) is 5.15. The lowest BCUT2D eigenvalue weighted by atomic mass is 10.1. The third kappa shape index (κ3) is 2.87. The lowest BCUT2D eigenvalue weighted by Gasteiger charge is -2.10. The molecule has 0 aliphatic rings. The fourth-order valence-electron chi connectivity index (χ4n) is 1.42. The highest BCUT2D eigenvalue weighted by Gasteiger charge is 2.08. The van der Waals surface area contributed by atoms with Crippen LogP contribution in [0.4, 0.5) is 0 Å². The van der Waals surface area contributed by atoms with E-state index >= 15 is 0 Å². The zero-order chi connectivity index (χ0) is 12.3. The second-order valence-electron chi connectivity index (χ2n) is 3.39. The molecule has 0 fully saturated rings. The molecule has 5 heteroatoms. The molecule has 0 spiro atoms. The summed E-state index contributed by atoms with van der Waals surface area (Å²) in [5, 5.41) is 7.76. The number of hydrogen-bond acceptors (Lipinski definition) is 3. The summed E-state index contributed by atoms with van der Waals surface area (Å²) in [6, 6.07) is 9.29. The van der Waals surface area contributed by atoms with Crippen molar-refractivity contribution in [3.05, 3.63) is 46.2 Å². The van der Waals surface area contributed by atoms with Crippen molar-refractivity contribution in [1.29, 1.82) is 0 Å². The quantitative estimate of drug-likeness (QED) is 0.839. The van der Waals surface area contributed by atoms with Crippen LogP contribution in [0.3, 0.4) is 0 Å². The molecule has 0 atom stereocenters. The summed E-state index contributed by atoms with van der Waals surface area (Å²) < 4.78 is 5.69. The molecule has 2 rings (SSSR count).